The lowest BCUT2D eigenvalue weighted by atomic mass is 9.90. The van der Waals surface area contributed by atoms with Crippen LogP contribution in [0, 0.1) is 53.3 Å². The van der Waals surface area contributed by atoms with Crippen molar-refractivity contribution in [2.45, 2.75) is 297 Å². The standard InChI is InChI=1S/C31H58N12O7.C31H58N10O7.C29H56N10O6/c1-17(2)26(41-19(4)46)25(48)15-21(16-44)28(50)43-23(10-7-13-40-31(36)37)24(47)14-20(8-5-11-38-29(32)33)27(49)42-22(18(3)45)9-6-12-39-30(34)35;1-18(2)27(39-20(4)44)26(46)16-22(17-42)29(48)41-24(10-5-6-12-32)25(45)15-21(9-7-13-37-30(33)34)28(47)40-23(19(3)43)11-8-14-38-31(35)36;1-17(2)25(31)24(43)15-20(16-40)27(45)39-22(9-4-5-11-30)23(42)14-19(8-6-12-36-28(32)33)26(44)38-21(18(3)41)10-7-13-37-29(34)35/h17,20-23,26,44H,5-16H2,1-4H3,(H,41,46)(H,42,49)(H,43,50)(H4,32,33,38)(H4,34,35,39)(H4,36,37,40);18,21-24,27,42H,5-17,32H2,1-4H3,(H,39,44)(H,40,47)(H,41,48)(H4,33,34,37)(H4,35,36,38);17,19-22,25,40H,4-16,30-31H2,1-3H3,(H,38,44)(H,39,45)(H4,32,33,36)(H4,34,35,37)/t20-,21+,22+,23+,26+;21-,22+,23+,24+,27+;19-,20+,21+,22+,25+/m111/s1. The molecule has 0 aromatic rings. The Kier molecular flexibility index (Phi) is 72.5. The molecule has 0 radical (unpaired) electrons. The third-order valence-electron chi connectivity index (χ3n) is 22.6. The molecule has 52 nitrogen and oxygen atoms in total. The molecule has 0 bridgehead atoms. The summed E-state index contributed by atoms with van der Waals surface area (Å²) in [5.41, 5.74) is 92.6. The van der Waals surface area contributed by atoms with Crippen LogP contribution in [0.15, 0.2) is 34.9 Å². The average Bonchev–Trinajstić information content (AvgIpc) is 0.864. The van der Waals surface area contributed by atoms with Crippen molar-refractivity contribution < 1.29 is 96.8 Å². The second-order valence-electron chi connectivity index (χ2n) is 36.3. The minimum Gasteiger partial charge on any atom is -0.396 e. The molecule has 0 fully saturated rings. The topological polar surface area (TPSA) is 976 Å². The summed E-state index contributed by atoms with van der Waals surface area (Å²) in [7, 11) is 0. The Labute approximate surface area is 838 Å². The molecule has 0 aliphatic rings. The highest BCUT2D eigenvalue weighted by molar-refractivity contribution is 6.00. The monoisotopic (exact) mass is 2030 g/mol. The number of carbonyl (C=O) groups is 17. The van der Waals surface area contributed by atoms with Gasteiger partial charge in [-0.3, -0.25) is 116 Å². The van der Waals surface area contributed by atoms with Crippen LogP contribution >= 0.6 is 0 Å². The Hall–Kier alpha value is -12.6. The molecular weight excluding hydrogens is 1860 g/mol. The van der Waals surface area contributed by atoms with Gasteiger partial charge in [-0.2, -0.15) is 0 Å². The number of aliphatic hydroxyl groups is 3. The maximum absolute atomic E-state index is 13.8. The van der Waals surface area contributed by atoms with Crippen LogP contribution in [-0.4, -0.2) is 289 Å². The maximum Gasteiger partial charge on any atom is 0.226 e. The number of hydrogen-bond donors (Lipinski definition) is 28. The van der Waals surface area contributed by atoms with Gasteiger partial charge >= 0.3 is 0 Å². The number of amides is 8. The first-order chi connectivity index (χ1) is 67.0. The molecule has 0 rings (SSSR count). The van der Waals surface area contributed by atoms with Crippen molar-refractivity contribution >= 4 is 141 Å². The number of carbonyl (C=O) groups excluding carboxylic acids is 17. The molecule has 45 N–H and O–H groups in total. The predicted molar refractivity (Wildman–Crippen MR) is 546 cm³/mol. The fraction of sp³-hybridized carbons (Fsp3) is 0.736. The van der Waals surface area contributed by atoms with Crippen molar-refractivity contribution in [3.05, 3.63) is 0 Å². The van der Waals surface area contributed by atoms with Crippen molar-refractivity contribution in [1.82, 2.24) is 42.5 Å². The van der Waals surface area contributed by atoms with E-state index in [1.165, 1.54) is 34.6 Å². The Morgan fingerprint density at radius 3 is 0.615 bits per heavy atom. The molecule has 8 amide bonds. The van der Waals surface area contributed by atoms with E-state index in [0.717, 1.165) is 0 Å². The number of nitrogens with two attached hydrogens (primary N) is 17. The molecular formula is C91H172N32O20. The number of guanidine groups is 7. The summed E-state index contributed by atoms with van der Waals surface area (Å²) >= 11 is 0. The van der Waals surface area contributed by atoms with Gasteiger partial charge in [-0.15, -0.1) is 0 Å². The normalized spacial score (nSPS) is 14.1. The molecule has 0 aliphatic carbocycles. The Morgan fingerprint density at radius 1 is 0.238 bits per heavy atom. The van der Waals surface area contributed by atoms with E-state index in [0.29, 0.717) is 77.3 Å². The number of aliphatic imine (C=N–C) groups is 7. The molecule has 52 heteroatoms. The molecule has 0 saturated carbocycles. The van der Waals surface area contributed by atoms with Gasteiger partial charge in [0.1, 0.15) is 0 Å². The number of rotatable bonds is 77. The first-order valence-corrected chi connectivity index (χ1v) is 48.5. The molecule has 15 atom stereocenters. The highest BCUT2D eigenvalue weighted by Crippen LogP contribution is 2.24. The second kappa shape index (κ2) is 77.1. The Morgan fingerprint density at radius 2 is 0.427 bits per heavy atom. The van der Waals surface area contributed by atoms with Crippen molar-refractivity contribution in [3.8, 4) is 0 Å². The van der Waals surface area contributed by atoms with Crippen LogP contribution in [0.25, 0.3) is 0 Å². The van der Waals surface area contributed by atoms with Gasteiger partial charge in [0.25, 0.3) is 0 Å². The van der Waals surface area contributed by atoms with Gasteiger partial charge < -0.3 is 155 Å². The number of hydrogen-bond acceptors (Lipinski definition) is 30. The van der Waals surface area contributed by atoms with E-state index in [-0.39, 0.29) is 225 Å². The smallest absolute Gasteiger partial charge is 0.226 e. The summed E-state index contributed by atoms with van der Waals surface area (Å²) in [6, 6.07) is -8.23. The number of nitrogens with one attached hydrogen (secondary N) is 8. The number of ketones is 9. The lowest BCUT2D eigenvalue weighted by molar-refractivity contribution is -0.136. The molecule has 0 unspecified atom stereocenters. The van der Waals surface area contributed by atoms with E-state index >= 15 is 0 Å². The zero-order valence-corrected chi connectivity index (χ0v) is 85.5. The number of aliphatic hydroxyl groups excluding tert-OH is 3. The lowest BCUT2D eigenvalue weighted by Crippen LogP contribution is -2.49. The lowest BCUT2D eigenvalue weighted by Gasteiger charge is -2.25. The van der Waals surface area contributed by atoms with E-state index in [1.807, 2.05) is 0 Å². The van der Waals surface area contributed by atoms with Crippen LogP contribution < -0.4 is 140 Å². The number of Topliss-reactive ketones (excluding diaryl/α,β-unsaturated/α-hetero) is 9. The first kappa shape index (κ1) is 135. The summed E-state index contributed by atoms with van der Waals surface area (Å²) < 4.78 is 0. The minimum atomic E-state index is -1.22. The fourth-order valence-electron chi connectivity index (χ4n) is 14.5. The number of nitrogens with zero attached hydrogens (tertiary/aromatic N) is 7. The van der Waals surface area contributed by atoms with Crippen LogP contribution in [0.3, 0.4) is 0 Å². The van der Waals surface area contributed by atoms with Crippen LogP contribution in [0.2, 0.25) is 0 Å². The van der Waals surface area contributed by atoms with Crippen molar-refractivity contribution in [2.75, 3.05) is 78.7 Å². The van der Waals surface area contributed by atoms with Crippen molar-refractivity contribution in [1.29, 1.82) is 0 Å². The number of unbranched alkanes of at least 4 members (excludes halogenated alkanes) is 2. The van der Waals surface area contributed by atoms with E-state index in [9.17, 15) is 96.8 Å². The SMILES string of the molecule is CC(=O)N[C@H](C(=O)C[C@@H](CO)C(=O)N[C@@H](CCCCN)C(=O)C[C@@H](CCCN=C(N)N)C(=O)N[C@@H](CCCN=C(N)N)C(C)=O)C(C)C.CC(=O)N[C@H](C(=O)C[C@@H](CO)C(=O)N[C@@H](CCCN=C(N)N)C(=O)C[C@@H](CCCN=C(N)N)C(=O)N[C@@H](CCCN=C(N)N)C(C)=O)C(C)C.CC(=O)[C@H](CCCN=C(N)N)NC(=O)[C@H](CCCN=C(N)N)CC(=O)[C@H](CCCCN)NC(=O)[C@H](CO)CC(=O)[C@@H](N)C(C)C. The molecule has 0 aromatic carbocycles. The molecule has 0 saturated heterocycles. The Bertz CT molecular complexity index is 4180. The van der Waals surface area contributed by atoms with Gasteiger partial charge in [-0.25, -0.2) is 0 Å². The van der Waals surface area contributed by atoms with Crippen LogP contribution in [0.4, 0.5) is 0 Å². The molecule has 0 aromatic heterocycles. The van der Waals surface area contributed by atoms with Crippen LogP contribution in [0.1, 0.15) is 243 Å². The average molecular weight is 2030 g/mol. The zero-order chi connectivity index (χ0) is 110. The minimum absolute atomic E-state index is 0.0666. The van der Waals surface area contributed by atoms with Crippen LogP contribution in [0.5, 0.6) is 0 Å². The summed E-state index contributed by atoms with van der Waals surface area (Å²) in [6.45, 7) is 17.3. The predicted octanol–water partition coefficient (Wildman–Crippen LogP) is -7.00. The van der Waals surface area contributed by atoms with Crippen LogP contribution in [-0.2, 0) is 81.5 Å². The summed E-state index contributed by atoms with van der Waals surface area (Å²) in [5.74, 6) is -15.8. The van der Waals surface area contributed by atoms with E-state index < -0.39 is 192 Å². The Balaban J connectivity index is -0.00000206. The van der Waals surface area contributed by atoms with E-state index in [2.05, 4.69) is 77.5 Å². The van der Waals surface area contributed by atoms with Gasteiger partial charge in [0.2, 0.25) is 47.3 Å². The molecule has 0 heterocycles. The van der Waals surface area contributed by atoms with Gasteiger partial charge in [-0.1, -0.05) is 41.5 Å². The zero-order valence-electron chi connectivity index (χ0n) is 85.5. The summed E-state index contributed by atoms with van der Waals surface area (Å²) in [4.78, 5) is 247. The van der Waals surface area contributed by atoms with E-state index in [4.69, 9.17) is 97.5 Å². The van der Waals surface area contributed by atoms with E-state index in [1.54, 1.807) is 41.5 Å². The third kappa shape index (κ3) is 64.6. The largest absolute Gasteiger partial charge is 0.396 e. The van der Waals surface area contributed by atoms with Gasteiger partial charge in [0.15, 0.2) is 93.8 Å². The second-order valence-corrected chi connectivity index (χ2v) is 36.3. The third-order valence-corrected chi connectivity index (χ3v) is 22.6. The quantitative estimate of drug-likeness (QED) is 0.0153. The van der Waals surface area contributed by atoms with Crippen molar-refractivity contribution in [3.63, 3.8) is 0 Å². The van der Waals surface area contributed by atoms with Gasteiger partial charge in [-0.05, 0) is 180 Å². The first-order valence-electron chi connectivity index (χ1n) is 48.5. The molecule has 0 aliphatic heterocycles. The van der Waals surface area contributed by atoms with Gasteiger partial charge in [0, 0.05) is 116 Å². The van der Waals surface area contributed by atoms with Gasteiger partial charge in [0.05, 0.1) is 92.0 Å². The molecule has 0 spiro atoms. The highest BCUT2D eigenvalue weighted by Gasteiger charge is 2.38. The fourth-order valence-corrected chi connectivity index (χ4v) is 14.5. The summed E-state index contributed by atoms with van der Waals surface area (Å²) in [5, 5.41) is 51.2. The van der Waals surface area contributed by atoms with Crippen molar-refractivity contribution in [2.24, 2.45) is 186 Å². The maximum atomic E-state index is 13.8. The molecule has 143 heavy (non-hydrogen) atoms. The molecule has 816 valence electrons. The highest BCUT2D eigenvalue weighted by atomic mass is 16.3. The summed E-state index contributed by atoms with van der Waals surface area (Å²) in [6.07, 6.45) is 4.70.